The van der Waals surface area contributed by atoms with Gasteiger partial charge in [0.05, 0.1) is 18.8 Å². The van der Waals surface area contributed by atoms with E-state index >= 15 is 0 Å². The third-order valence-corrected chi connectivity index (χ3v) is 3.17. The molecule has 6 heteroatoms. The van der Waals surface area contributed by atoms with Crippen LogP contribution in [0.2, 0.25) is 0 Å². The standard InChI is InChI=1S/C14H17FN4O/c1-9-3-4-11(15)5-10(9)6-13(19-16)12-7-14(20-2)18-8-17-12/h3-5,7-8,13,19H,6,16H2,1-2H3. The summed E-state index contributed by atoms with van der Waals surface area (Å²) >= 11 is 0. The lowest BCUT2D eigenvalue weighted by Gasteiger charge is -2.17. The molecule has 0 spiro atoms. The van der Waals surface area contributed by atoms with E-state index in [2.05, 4.69) is 15.4 Å². The Morgan fingerprint density at radius 1 is 1.35 bits per heavy atom. The number of hydrogen-bond donors (Lipinski definition) is 2. The lowest BCUT2D eigenvalue weighted by atomic mass is 9.99. The van der Waals surface area contributed by atoms with E-state index < -0.39 is 0 Å². The van der Waals surface area contributed by atoms with Gasteiger partial charge in [0.15, 0.2) is 0 Å². The van der Waals surface area contributed by atoms with E-state index in [0.29, 0.717) is 18.0 Å². The molecule has 2 aromatic rings. The Balaban J connectivity index is 2.26. The molecule has 106 valence electrons. The second-order valence-corrected chi connectivity index (χ2v) is 4.48. The predicted octanol–water partition coefficient (Wildman–Crippen LogP) is 1.68. The van der Waals surface area contributed by atoms with Gasteiger partial charge in [-0.25, -0.2) is 14.4 Å². The minimum absolute atomic E-state index is 0.243. The van der Waals surface area contributed by atoms with Gasteiger partial charge < -0.3 is 4.74 Å². The van der Waals surface area contributed by atoms with Crippen molar-refractivity contribution < 1.29 is 9.13 Å². The summed E-state index contributed by atoms with van der Waals surface area (Å²) in [5.41, 5.74) is 5.28. The molecule has 0 saturated carbocycles. The molecule has 3 N–H and O–H groups in total. The van der Waals surface area contributed by atoms with Crippen molar-refractivity contribution in [2.45, 2.75) is 19.4 Å². The van der Waals surface area contributed by atoms with Gasteiger partial charge in [0, 0.05) is 6.07 Å². The van der Waals surface area contributed by atoms with Gasteiger partial charge in [0.2, 0.25) is 5.88 Å². The van der Waals surface area contributed by atoms with Crippen LogP contribution in [-0.2, 0) is 6.42 Å². The first-order valence-corrected chi connectivity index (χ1v) is 6.21. The Hall–Kier alpha value is -2.05. The van der Waals surface area contributed by atoms with Crippen molar-refractivity contribution in [2.24, 2.45) is 5.84 Å². The van der Waals surface area contributed by atoms with Gasteiger partial charge in [0.25, 0.3) is 0 Å². The number of hydrazine groups is 1. The van der Waals surface area contributed by atoms with E-state index in [1.165, 1.54) is 25.6 Å². The molecule has 0 aliphatic carbocycles. The van der Waals surface area contributed by atoms with Crippen molar-refractivity contribution in [1.29, 1.82) is 0 Å². The van der Waals surface area contributed by atoms with Crippen LogP contribution in [0.1, 0.15) is 22.9 Å². The minimum atomic E-state index is -0.262. The minimum Gasteiger partial charge on any atom is -0.481 e. The number of halogens is 1. The van der Waals surface area contributed by atoms with Crippen LogP contribution in [0.25, 0.3) is 0 Å². The monoisotopic (exact) mass is 276 g/mol. The molecule has 1 aromatic heterocycles. The fraction of sp³-hybridized carbons (Fsp3) is 0.286. The summed E-state index contributed by atoms with van der Waals surface area (Å²) in [4.78, 5) is 8.13. The Morgan fingerprint density at radius 3 is 2.85 bits per heavy atom. The second-order valence-electron chi connectivity index (χ2n) is 4.48. The number of benzene rings is 1. The number of hydrogen-bond acceptors (Lipinski definition) is 5. The van der Waals surface area contributed by atoms with Crippen molar-refractivity contribution in [3.63, 3.8) is 0 Å². The smallest absolute Gasteiger partial charge is 0.216 e. The molecule has 5 nitrogen and oxygen atoms in total. The number of methoxy groups -OCH3 is 1. The van der Waals surface area contributed by atoms with Crippen LogP contribution in [0.5, 0.6) is 5.88 Å². The van der Waals surface area contributed by atoms with E-state index in [4.69, 9.17) is 10.6 Å². The molecule has 0 aliphatic rings. The van der Waals surface area contributed by atoms with Crippen LogP contribution in [0.3, 0.4) is 0 Å². The third-order valence-electron chi connectivity index (χ3n) is 3.17. The first kappa shape index (κ1) is 14.4. The van der Waals surface area contributed by atoms with Gasteiger partial charge in [-0.2, -0.15) is 0 Å². The Labute approximate surface area is 117 Å². The summed E-state index contributed by atoms with van der Waals surface area (Å²) in [6, 6.07) is 6.17. The summed E-state index contributed by atoms with van der Waals surface area (Å²) in [6.45, 7) is 1.93. The maximum atomic E-state index is 13.3. The molecule has 1 heterocycles. The highest BCUT2D eigenvalue weighted by molar-refractivity contribution is 5.29. The van der Waals surface area contributed by atoms with Crippen molar-refractivity contribution in [1.82, 2.24) is 15.4 Å². The Bertz CT molecular complexity index is 591. The Morgan fingerprint density at radius 2 is 2.15 bits per heavy atom. The SMILES string of the molecule is COc1cc(C(Cc2cc(F)ccc2C)NN)ncn1. The van der Waals surface area contributed by atoms with Crippen molar-refractivity contribution in [3.8, 4) is 5.88 Å². The van der Waals surface area contributed by atoms with Gasteiger partial charge in [-0.1, -0.05) is 6.07 Å². The molecule has 1 atom stereocenters. The van der Waals surface area contributed by atoms with Crippen molar-refractivity contribution in [2.75, 3.05) is 7.11 Å². The zero-order valence-corrected chi connectivity index (χ0v) is 11.4. The highest BCUT2D eigenvalue weighted by Crippen LogP contribution is 2.21. The molecule has 0 radical (unpaired) electrons. The van der Waals surface area contributed by atoms with Crippen LogP contribution < -0.4 is 16.0 Å². The van der Waals surface area contributed by atoms with E-state index in [1.54, 1.807) is 12.1 Å². The molecular formula is C14H17FN4O. The predicted molar refractivity (Wildman–Crippen MR) is 73.5 cm³/mol. The lowest BCUT2D eigenvalue weighted by molar-refractivity contribution is 0.393. The zero-order chi connectivity index (χ0) is 14.5. The number of nitrogens with two attached hydrogens (primary N) is 1. The van der Waals surface area contributed by atoms with Crippen molar-refractivity contribution >= 4 is 0 Å². The Kier molecular flexibility index (Phi) is 4.60. The van der Waals surface area contributed by atoms with Crippen LogP contribution in [0, 0.1) is 12.7 Å². The third kappa shape index (κ3) is 3.28. The lowest BCUT2D eigenvalue weighted by Crippen LogP contribution is -2.30. The number of aryl methyl sites for hydroxylation is 1. The van der Waals surface area contributed by atoms with Gasteiger partial charge in [-0.05, 0) is 36.6 Å². The molecule has 0 amide bonds. The molecular weight excluding hydrogens is 259 g/mol. The second kappa shape index (κ2) is 6.40. The number of ether oxygens (including phenoxy) is 1. The largest absolute Gasteiger partial charge is 0.481 e. The fourth-order valence-electron chi connectivity index (χ4n) is 1.98. The van der Waals surface area contributed by atoms with Gasteiger partial charge in [-0.15, -0.1) is 0 Å². The average molecular weight is 276 g/mol. The molecule has 20 heavy (non-hydrogen) atoms. The van der Waals surface area contributed by atoms with Crippen molar-refractivity contribution in [3.05, 3.63) is 53.2 Å². The quantitative estimate of drug-likeness (QED) is 0.642. The summed E-state index contributed by atoms with van der Waals surface area (Å²) < 4.78 is 18.4. The summed E-state index contributed by atoms with van der Waals surface area (Å²) in [5.74, 6) is 5.79. The zero-order valence-electron chi connectivity index (χ0n) is 11.4. The maximum absolute atomic E-state index is 13.3. The maximum Gasteiger partial charge on any atom is 0.216 e. The summed E-state index contributed by atoms with van der Waals surface area (Å²) in [5, 5.41) is 0. The molecule has 0 fully saturated rings. The highest BCUT2D eigenvalue weighted by Gasteiger charge is 2.15. The van der Waals surface area contributed by atoms with Crippen LogP contribution in [0.15, 0.2) is 30.6 Å². The summed E-state index contributed by atoms with van der Waals surface area (Å²) in [7, 11) is 1.54. The van der Waals surface area contributed by atoms with Gasteiger partial charge in [-0.3, -0.25) is 11.3 Å². The number of rotatable bonds is 5. The fourth-order valence-corrected chi connectivity index (χ4v) is 1.98. The van der Waals surface area contributed by atoms with E-state index in [1.807, 2.05) is 6.92 Å². The first-order valence-electron chi connectivity index (χ1n) is 6.21. The molecule has 1 aromatic carbocycles. The normalized spacial score (nSPS) is 12.2. The number of aromatic nitrogens is 2. The average Bonchev–Trinajstić information content (AvgIpc) is 2.48. The van der Waals surface area contributed by atoms with E-state index in [-0.39, 0.29) is 11.9 Å². The van der Waals surface area contributed by atoms with E-state index in [0.717, 1.165) is 11.1 Å². The van der Waals surface area contributed by atoms with Crippen LogP contribution >= 0.6 is 0 Å². The summed E-state index contributed by atoms with van der Waals surface area (Å²) in [6.07, 6.45) is 1.94. The first-order chi connectivity index (χ1) is 9.63. The van der Waals surface area contributed by atoms with Gasteiger partial charge in [0.1, 0.15) is 12.1 Å². The van der Waals surface area contributed by atoms with Crippen LogP contribution in [-0.4, -0.2) is 17.1 Å². The molecule has 0 bridgehead atoms. The highest BCUT2D eigenvalue weighted by atomic mass is 19.1. The topological polar surface area (TPSA) is 73.1 Å². The number of nitrogens with one attached hydrogen (secondary N) is 1. The molecule has 1 unspecified atom stereocenters. The van der Waals surface area contributed by atoms with E-state index in [9.17, 15) is 4.39 Å². The molecule has 0 aliphatic heterocycles. The molecule has 0 saturated heterocycles. The van der Waals surface area contributed by atoms with Crippen LogP contribution in [0.4, 0.5) is 4.39 Å². The number of nitrogens with zero attached hydrogens (tertiary/aromatic N) is 2. The molecule has 2 rings (SSSR count). The van der Waals surface area contributed by atoms with Gasteiger partial charge >= 0.3 is 0 Å².